The van der Waals surface area contributed by atoms with Gasteiger partial charge >= 0.3 is 0 Å². The first kappa shape index (κ1) is 19.4. The summed E-state index contributed by atoms with van der Waals surface area (Å²) in [5, 5.41) is 7.91. The summed E-state index contributed by atoms with van der Waals surface area (Å²) in [5.41, 5.74) is 3.82. The van der Waals surface area contributed by atoms with Crippen LogP contribution in [0.25, 0.3) is 33.4 Å². The number of nitrogens with one attached hydrogen (secondary N) is 1. The lowest BCUT2D eigenvalue weighted by molar-refractivity contribution is 0.363. The minimum atomic E-state index is -0.899. The highest BCUT2D eigenvalue weighted by atomic mass is 19.1. The van der Waals surface area contributed by atoms with Gasteiger partial charge in [-0.2, -0.15) is 4.98 Å². The molecule has 3 aromatic heterocycles. The number of aryl methyl sites for hydroxylation is 2. The Bertz CT molecular complexity index is 1360. The van der Waals surface area contributed by atoms with Crippen LogP contribution in [0.1, 0.15) is 30.7 Å². The molecule has 4 aromatic rings. The molecule has 1 saturated carbocycles. The average molecular weight is 419 g/mol. The molecular weight excluding hydrogens is 397 g/mol. The highest BCUT2D eigenvalue weighted by Crippen LogP contribution is 2.43. The molecular formula is C23H22FN5O2. The first-order chi connectivity index (χ1) is 15.0. The Kier molecular flexibility index (Phi) is 4.57. The van der Waals surface area contributed by atoms with Crippen LogP contribution < -0.4 is 10.9 Å². The minimum Gasteiger partial charge on any atom is -0.373 e. The number of alkyl halides is 1. The van der Waals surface area contributed by atoms with E-state index in [1.165, 1.54) is 0 Å². The molecule has 31 heavy (non-hydrogen) atoms. The number of nitrogens with zero attached hydrogens (tertiary/aromatic N) is 4. The van der Waals surface area contributed by atoms with E-state index in [0.29, 0.717) is 36.1 Å². The van der Waals surface area contributed by atoms with Crippen LogP contribution in [-0.2, 0) is 6.54 Å². The second-order valence-electron chi connectivity index (χ2n) is 7.83. The van der Waals surface area contributed by atoms with E-state index in [4.69, 9.17) is 4.52 Å². The summed E-state index contributed by atoms with van der Waals surface area (Å²) in [6.45, 7) is 4.44. The Morgan fingerprint density at radius 2 is 2.06 bits per heavy atom. The zero-order valence-electron chi connectivity index (χ0n) is 17.5. The predicted molar refractivity (Wildman–Crippen MR) is 117 cm³/mol. The predicted octanol–water partition coefficient (Wildman–Crippen LogP) is 4.31. The Morgan fingerprint density at radius 3 is 2.77 bits per heavy atom. The van der Waals surface area contributed by atoms with Gasteiger partial charge in [0.15, 0.2) is 0 Å². The van der Waals surface area contributed by atoms with Crippen LogP contribution in [-0.4, -0.2) is 32.9 Å². The highest BCUT2D eigenvalue weighted by molar-refractivity contribution is 5.86. The number of fused-ring (bicyclic) bond motifs is 1. The summed E-state index contributed by atoms with van der Waals surface area (Å²) in [4.78, 5) is 22.1. The maximum atomic E-state index is 13.4. The zero-order valence-corrected chi connectivity index (χ0v) is 17.5. The van der Waals surface area contributed by atoms with Crippen molar-refractivity contribution >= 4 is 16.7 Å². The smallest absolute Gasteiger partial charge is 0.258 e. The molecule has 1 aliphatic carbocycles. The number of hydrogen-bond acceptors (Lipinski definition) is 6. The van der Waals surface area contributed by atoms with E-state index in [1.54, 1.807) is 17.8 Å². The molecule has 158 valence electrons. The van der Waals surface area contributed by atoms with Gasteiger partial charge in [0.1, 0.15) is 12.0 Å². The highest BCUT2D eigenvalue weighted by Gasteiger charge is 2.43. The maximum absolute atomic E-state index is 13.4. The normalized spacial score (nSPS) is 17.8. The first-order valence-corrected chi connectivity index (χ1v) is 10.3. The Labute approximate surface area is 177 Å². The summed E-state index contributed by atoms with van der Waals surface area (Å²) in [6.07, 6.45) is 1.30. The van der Waals surface area contributed by atoms with E-state index in [9.17, 15) is 9.18 Å². The minimum absolute atomic E-state index is 0.0736. The van der Waals surface area contributed by atoms with Crippen molar-refractivity contribution in [3.05, 3.63) is 58.3 Å². The number of rotatable bonds is 5. The van der Waals surface area contributed by atoms with Gasteiger partial charge in [-0.3, -0.25) is 4.79 Å². The van der Waals surface area contributed by atoms with Crippen molar-refractivity contribution in [3.8, 4) is 22.5 Å². The maximum Gasteiger partial charge on any atom is 0.258 e. The Balaban J connectivity index is 1.64. The van der Waals surface area contributed by atoms with Crippen LogP contribution in [0, 0.1) is 6.92 Å². The van der Waals surface area contributed by atoms with Gasteiger partial charge in [-0.05, 0) is 43.5 Å². The third kappa shape index (κ3) is 3.28. The van der Waals surface area contributed by atoms with Gasteiger partial charge < -0.3 is 14.4 Å². The lowest BCUT2D eigenvalue weighted by atomic mass is 9.97. The standard InChI is InChI=1S/C23H22FN5O2/c1-4-29-19-10-20(25-3)26-11-14(19)8-16(23(29)30)15-7-13(6-5-12(15)2)21-27-22(31-28-21)17-9-18(17)24/h5-8,10-11,17-18H,4,9H2,1-3H3,(H,25,26)/t17-,18-/m0/s1. The van der Waals surface area contributed by atoms with Gasteiger partial charge in [0.25, 0.3) is 5.56 Å². The molecule has 0 radical (unpaired) electrons. The molecule has 7 nitrogen and oxygen atoms in total. The van der Waals surface area contributed by atoms with E-state index >= 15 is 0 Å². The number of halogens is 1. The van der Waals surface area contributed by atoms with Gasteiger partial charge in [-0.1, -0.05) is 17.3 Å². The molecule has 1 aliphatic rings. The first-order valence-electron chi connectivity index (χ1n) is 10.3. The fourth-order valence-electron chi connectivity index (χ4n) is 3.89. The van der Waals surface area contributed by atoms with Crippen molar-refractivity contribution in [2.24, 2.45) is 0 Å². The largest absolute Gasteiger partial charge is 0.373 e. The van der Waals surface area contributed by atoms with Crippen molar-refractivity contribution in [2.45, 2.75) is 38.9 Å². The summed E-state index contributed by atoms with van der Waals surface area (Å²) < 4.78 is 20.3. The number of anilines is 1. The Hall–Kier alpha value is -3.55. The second-order valence-corrected chi connectivity index (χ2v) is 7.83. The number of benzene rings is 1. The molecule has 3 heterocycles. The fourth-order valence-corrected chi connectivity index (χ4v) is 3.89. The topological polar surface area (TPSA) is 85.8 Å². The lowest BCUT2D eigenvalue weighted by Gasteiger charge is -2.14. The molecule has 0 aliphatic heterocycles. The van der Waals surface area contributed by atoms with Gasteiger partial charge in [-0.25, -0.2) is 9.37 Å². The average Bonchev–Trinajstić information content (AvgIpc) is 3.31. The van der Waals surface area contributed by atoms with Crippen LogP contribution in [0.4, 0.5) is 10.2 Å². The van der Waals surface area contributed by atoms with E-state index in [1.807, 2.05) is 44.2 Å². The quantitative estimate of drug-likeness (QED) is 0.519. The van der Waals surface area contributed by atoms with Crippen molar-refractivity contribution in [2.75, 3.05) is 12.4 Å². The summed E-state index contributed by atoms with van der Waals surface area (Å²) >= 11 is 0. The van der Waals surface area contributed by atoms with E-state index in [-0.39, 0.29) is 11.5 Å². The summed E-state index contributed by atoms with van der Waals surface area (Å²) in [5.74, 6) is 1.14. The van der Waals surface area contributed by atoms with Gasteiger partial charge in [-0.15, -0.1) is 0 Å². The summed E-state index contributed by atoms with van der Waals surface area (Å²) in [7, 11) is 1.80. The lowest BCUT2D eigenvalue weighted by Crippen LogP contribution is -2.21. The van der Waals surface area contributed by atoms with Gasteiger partial charge in [0.05, 0.1) is 11.4 Å². The van der Waals surface area contributed by atoms with Crippen LogP contribution in [0.3, 0.4) is 0 Å². The van der Waals surface area contributed by atoms with Crippen LogP contribution in [0.5, 0.6) is 0 Å². The number of hydrogen-bond donors (Lipinski definition) is 1. The zero-order chi connectivity index (χ0) is 21.7. The van der Waals surface area contributed by atoms with E-state index in [0.717, 1.165) is 27.6 Å². The molecule has 2 atom stereocenters. The van der Waals surface area contributed by atoms with Crippen LogP contribution >= 0.6 is 0 Å². The van der Waals surface area contributed by atoms with E-state index < -0.39 is 6.17 Å². The van der Waals surface area contributed by atoms with Gasteiger partial charge in [0, 0.05) is 42.4 Å². The van der Waals surface area contributed by atoms with Gasteiger partial charge in [0.2, 0.25) is 11.7 Å². The Morgan fingerprint density at radius 1 is 1.26 bits per heavy atom. The third-order valence-corrected chi connectivity index (χ3v) is 5.81. The molecule has 0 unspecified atom stereocenters. The van der Waals surface area contributed by atoms with Crippen molar-refractivity contribution in [3.63, 3.8) is 0 Å². The monoisotopic (exact) mass is 419 g/mol. The fraction of sp³-hybridized carbons (Fsp3) is 0.304. The number of aromatic nitrogens is 4. The molecule has 0 bridgehead atoms. The third-order valence-electron chi connectivity index (χ3n) is 5.81. The molecule has 1 aromatic carbocycles. The molecule has 8 heteroatoms. The van der Waals surface area contributed by atoms with Crippen molar-refractivity contribution in [1.29, 1.82) is 0 Å². The molecule has 0 amide bonds. The molecule has 0 saturated heterocycles. The van der Waals surface area contributed by atoms with Crippen molar-refractivity contribution < 1.29 is 8.91 Å². The molecule has 1 fully saturated rings. The van der Waals surface area contributed by atoms with Crippen LogP contribution in [0.2, 0.25) is 0 Å². The second kappa shape index (κ2) is 7.30. The molecule has 5 rings (SSSR count). The SMILES string of the molecule is CCn1c(=O)c(-c2cc(-c3noc([C@H]4C[C@@H]4F)n3)ccc2C)cc2cnc(NC)cc21. The molecule has 0 spiro atoms. The van der Waals surface area contributed by atoms with E-state index in [2.05, 4.69) is 20.4 Å². The summed E-state index contributed by atoms with van der Waals surface area (Å²) in [6, 6.07) is 9.46. The number of pyridine rings is 2. The van der Waals surface area contributed by atoms with Crippen LogP contribution in [0.15, 0.2) is 45.8 Å². The molecule has 1 N–H and O–H groups in total. The van der Waals surface area contributed by atoms with Crippen molar-refractivity contribution in [1.82, 2.24) is 19.7 Å².